The van der Waals surface area contributed by atoms with E-state index >= 15 is 0 Å². The molecule has 0 bridgehead atoms. The molecule has 7 nitrogen and oxygen atoms in total. The number of rotatable bonds is 6. The number of hydrogen-bond donors (Lipinski definition) is 2. The Hall–Kier alpha value is -3.27. The second kappa shape index (κ2) is 8.61. The third-order valence-corrected chi connectivity index (χ3v) is 4.45. The lowest BCUT2D eigenvalue weighted by Gasteiger charge is -2.06. The van der Waals surface area contributed by atoms with E-state index < -0.39 is 23.1 Å². The zero-order valence-corrected chi connectivity index (χ0v) is 15.3. The van der Waals surface area contributed by atoms with E-state index in [1.165, 1.54) is 13.2 Å². The lowest BCUT2D eigenvalue weighted by molar-refractivity contribution is -0.113. The summed E-state index contributed by atoms with van der Waals surface area (Å²) >= 11 is 0.950. The highest BCUT2D eigenvalue weighted by molar-refractivity contribution is 7.99. The number of aromatic amines is 1. The topological polar surface area (TPSA) is 97.0 Å². The fourth-order valence-electron chi connectivity index (χ4n) is 2.23. The van der Waals surface area contributed by atoms with Crippen molar-refractivity contribution in [3.8, 4) is 17.0 Å². The Kier molecular flexibility index (Phi) is 5.99. The van der Waals surface area contributed by atoms with E-state index in [4.69, 9.17) is 4.74 Å². The van der Waals surface area contributed by atoms with Crippen LogP contribution in [0.15, 0.2) is 52.4 Å². The van der Waals surface area contributed by atoms with Crippen LogP contribution in [0, 0.1) is 11.6 Å². The number of methoxy groups -OCH3 is 1. The van der Waals surface area contributed by atoms with Crippen LogP contribution in [0.1, 0.15) is 0 Å². The summed E-state index contributed by atoms with van der Waals surface area (Å²) in [6, 6.07) is 9.79. The molecule has 0 saturated carbocycles. The Labute approximate surface area is 162 Å². The first-order chi connectivity index (χ1) is 13.5. The molecule has 0 aliphatic carbocycles. The minimum Gasteiger partial charge on any atom is -0.497 e. The first-order valence-electron chi connectivity index (χ1n) is 7.95. The van der Waals surface area contributed by atoms with Crippen LogP contribution in [0.25, 0.3) is 11.3 Å². The van der Waals surface area contributed by atoms with Gasteiger partial charge >= 0.3 is 0 Å². The van der Waals surface area contributed by atoms with Crippen molar-refractivity contribution in [2.75, 3.05) is 18.2 Å². The zero-order chi connectivity index (χ0) is 20.1. The molecule has 0 aliphatic rings. The highest BCUT2D eigenvalue weighted by Crippen LogP contribution is 2.19. The predicted molar refractivity (Wildman–Crippen MR) is 100 cm³/mol. The van der Waals surface area contributed by atoms with E-state index in [9.17, 15) is 18.4 Å². The van der Waals surface area contributed by atoms with E-state index in [0.29, 0.717) is 11.3 Å². The largest absolute Gasteiger partial charge is 0.497 e. The van der Waals surface area contributed by atoms with Gasteiger partial charge in [-0.3, -0.25) is 14.6 Å². The van der Waals surface area contributed by atoms with Crippen molar-refractivity contribution < 1.29 is 18.3 Å². The summed E-state index contributed by atoms with van der Waals surface area (Å²) in [4.78, 5) is 26.7. The van der Waals surface area contributed by atoms with Crippen molar-refractivity contribution in [3.63, 3.8) is 0 Å². The summed E-state index contributed by atoms with van der Waals surface area (Å²) < 4.78 is 31.1. The lowest BCUT2D eigenvalue weighted by atomic mass is 10.1. The molecule has 2 N–H and O–H groups in total. The van der Waals surface area contributed by atoms with Gasteiger partial charge in [0.15, 0.2) is 22.5 Å². The van der Waals surface area contributed by atoms with Crippen LogP contribution < -0.4 is 15.6 Å². The summed E-state index contributed by atoms with van der Waals surface area (Å²) in [5, 5.41) is 10.4. The molecule has 0 unspecified atom stereocenters. The molecule has 1 amide bonds. The molecule has 3 aromatic rings. The maximum atomic E-state index is 13.1. The molecule has 0 aliphatic heterocycles. The number of carbonyl (C=O) groups excluding carboxylic acids is 1. The number of thioether (sulfide) groups is 1. The molecule has 3 rings (SSSR count). The fourth-order valence-corrected chi connectivity index (χ4v) is 2.83. The minimum atomic E-state index is -1.06. The monoisotopic (exact) mass is 404 g/mol. The molecular weight excluding hydrogens is 390 g/mol. The lowest BCUT2D eigenvalue weighted by Crippen LogP contribution is -2.17. The van der Waals surface area contributed by atoms with Crippen molar-refractivity contribution in [1.82, 2.24) is 15.2 Å². The average molecular weight is 404 g/mol. The SMILES string of the molecule is COc1ccc(-c2nnc(SCC(=O)Nc3ccc(F)c(F)c3)[nH]c2=O)cc1. The Bertz CT molecular complexity index is 1060. The number of halogens is 2. The average Bonchev–Trinajstić information content (AvgIpc) is 2.69. The summed E-state index contributed by atoms with van der Waals surface area (Å²) in [6.45, 7) is 0. The maximum absolute atomic E-state index is 13.1. The summed E-state index contributed by atoms with van der Waals surface area (Å²) in [5.74, 6) is -2.00. The van der Waals surface area contributed by atoms with Gasteiger partial charge in [0, 0.05) is 17.3 Å². The van der Waals surface area contributed by atoms with Gasteiger partial charge < -0.3 is 10.1 Å². The Balaban J connectivity index is 1.63. The van der Waals surface area contributed by atoms with E-state index in [1.54, 1.807) is 24.3 Å². The summed E-state index contributed by atoms with van der Waals surface area (Å²) in [5.41, 5.74) is 0.378. The molecule has 10 heteroatoms. The molecular formula is C18H14F2N4O3S. The van der Waals surface area contributed by atoms with Gasteiger partial charge in [0.05, 0.1) is 12.9 Å². The molecule has 1 heterocycles. The number of nitrogens with zero attached hydrogens (tertiary/aromatic N) is 2. The van der Waals surface area contributed by atoms with Crippen molar-refractivity contribution >= 4 is 23.4 Å². The van der Waals surface area contributed by atoms with Crippen LogP contribution in [-0.4, -0.2) is 34.0 Å². The van der Waals surface area contributed by atoms with Gasteiger partial charge in [-0.25, -0.2) is 8.78 Å². The number of H-pyrrole nitrogens is 1. The van der Waals surface area contributed by atoms with Crippen molar-refractivity contribution in [2.45, 2.75) is 5.16 Å². The normalized spacial score (nSPS) is 10.5. The Morgan fingerprint density at radius 2 is 1.89 bits per heavy atom. The third kappa shape index (κ3) is 4.71. The molecule has 28 heavy (non-hydrogen) atoms. The second-order valence-electron chi connectivity index (χ2n) is 5.50. The Morgan fingerprint density at radius 1 is 1.14 bits per heavy atom. The Morgan fingerprint density at radius 3 is 2.54 bits per heavy atom. The molecule has 1 aromatic heterocycles. The molecule has 0 atom stereocenters. The molecule has 0 radical (unpaired) electrons. The van der Waals surface area contributed by atoms with Gasteiger partial charge in [-0.05, 0) is 36.4 Å². The summed E-state index contributed by atoms with van der Waals surface area (Å²) in [6.07, 6.45) is 0. The minimum absolute atomic E-state index is 0.106. The van der Waals surface area contributed by atoms with Gasteiger partial charge in [-0.15, -0.1) is 10.2 Å². The fraction of sp³-hybridized carbons (Fsp3) is 0.111. The molecule has 0 saturated heterocycles. The predicted octanol–water partition coefficient (Wildman–Crippen LogP) is 2.85. The number of aromatic nitrogens is 3. The number of hydrogen-bond acceptors (Lipinski definition) is 6. The van der Waals surface area contributed by atoms with E-state index in [2.05, 4.69) is 20.5 Å². The number of anilines is 1. The van der Waals surface area contributed by atoms with Crippen molar-refractivity contribution in [1.29, 1.82) is 0 Å². The van der Waals surface area contributed by atoms with Gasteiger partial charge in [-0.1, -0.05) is 11.8 Å². The highest BCUT2D eigenvalue weighted by Gasteiger charge is 2.11. The number of ether oxygens (including phenoxy) is 1. The van der Waals surface area contributed by atoms with Crippen LogP contribution in [-0.2, 0) is 4.79 Å². The number of nitrogens with one attached hydrogen (secondary N) is 2. The first kappa shape index (κ1) is 19.5. The quantitative estimate of drug-likeness (QED) is 0.614. The zero-order valence-electron chi connectivity index (χ0n) is 14.5. The van der Waals surface area contributed by atoms with Gasteiger partial charge in [0.2, 0.25) is 5.91 Å². The van der Waals surface area contributed by atoms with Crippen LogP contribution in [0.4, 0.5) is 14.5 Å². The van der Waals surface area contributed by atoms with Crippen molar-refractivity contribution in [2.24, 2.45) is 0 Å². The standard InChI is InChI=1S/C18H14F2N4O3S/c1-27-12-5-2-10(3-6-12)16-17(26)22-18(24-23-16)28-9-15(25)21-11-4-7-13(19)14(20)8-11/h2-8H,9H2,1H3,(H,21,25)(H,22,24,26). The van der Waals surface area contributed by atoms with Crippen molar-refractivity contribution in [3.05, 3.63) is 64.5 Å². The van der Waals surface area contributed by atoms with Gasteiger partial charge in [0.25, 0.3) is 5.56 Å². The number of benzene rings is 2. The van der Waals surface area contributed by atoms with E-state index in [1.807, 2.05) is 0 Å². The molecule has 144 valence electrons. The summed E-state index contributed by atoms with van der Waals surface area (Å²) in [7, 11) is 1.54. The molecule has 2 aromatic carbocycles. The van der Waals surface area contributed by atoms with Gasteiger partial charge in [-0.2, -0.15) is 0 Å². The third-order valence-electron chi connectivity index (χ3n) is 3.58. The van der Waals surface area contributed by atoms with Crippen LogP contribution in [0.2, 0.25) is 0 Å². The highest BCUT2D eigenvalue weighted by atomic mass is 32.2. The van der Waals surface area contributed by atoms with Gasteiger partial charge in [0.1, 0.15) is 5.75 Å². The van der Waals surface area contributed by atoms with Crippen LogP contribution in [0.5, 0.6) is 5.75 Å². The maximum Gasteiger partial charge on any atom is 0.278 e. The second-order valence-corrected chi connectivity index (χ2v) is 6.47. The van der Waals surface area contributed by atoms with E-state index in [0.717, 1.165) is 23.9 Å². The van der Waals surface area contributed by atoms with E-state index in [-0.39, 0.29) is 22.3 Å². The number of amides is 1. The molecule has 0 fully saturated rings. The number of carbonyl (C=O) groups is 1. The first-order valence-corrected chi connectivity index (χ1v) is 8.94. The van der Waals surface area contributed by atoms with Crippen LogP contribution in [0.3, 0.4) is 0 Å². The molecule has 0 spiro atoms. The smallest absolute Gasteiger partial charge is 0.278 e. The van der Waals surface area contributed by atoms with Crippen LogP contribution >= 0.6 is 11.8 Å².